The van der Waals surface area contributed by atoms with Crippen molar-refractivity contribution in [2.24, 2.45) is 5.73 Å². The third-order valence-electron chi connectivity index (χ3n) is 2.73. The van der Waals surface area contributed by atoms with E-state index in [0.29, 0.717) is 12.2 Å². The number of methoxy groups -OCH3 is 1. The van der Waals surface area contributed by atoms with E-state index in [0.717, 1.165) is 0 Å². The number of nitrogens with two attached hydrogens (primary N) is 1. The molecule has 0 spiro atoms. The maximum Gasteiger partial charge on any atom is 0.246 e. The van der Waals surface area contributed by atoms with Crippen molar-refractivity contribution in [3.05, 3.63) is 35.6 Å². The number of halogens is 1. The molecule has 0 saturated heterocycles. The molecule has 1 aromatic carbocycles. The Kier molecular flexibility index (Phi) is 7.34. The SMILES string of the molecule is COCCOCC(=O)N[C@H](Cc1ccccc1F)C(N)=O. The number of hydrogen-bond donors (Lipinski definition) is 2. The highest BCUT2D eigenvalue weighted by Crippen LogP contribution is 2.09. The highest BCUT2D eigenvalue weighted by atomic mass is 19.1. The second-order valence-electron chi connectivity index (χ2n) is 4.36. The van der Waals surface area contributed by atoms with Gasteiger partial charge in [-0.2, -0.15) is 0 Å². The van der Waals surface area contributed by atoms with E-state index < -0.39 is 23.7 Å². The normalized spacial score (nSPS) is 11.9. The van der Waals surface area contributed by atoms with Crippen molar-refractivity contribution in [2.75, 3.05) is 26.9 Å². The zero-order chi connectivity index (χ0) is 15.7. The summed E-state index contributed by atoms with van der Waals surface area (Å²) < 4.78 is 23.3. The van der Waals surface area contributed by atoms with Crippen molar-refractivity contribution in [1.82, 2.24) is 5.32 Å². The van der Waals surface area contributed by atoms with Crippen molar-refractivity contribution in [3.63, 3.8) is 0 Å². The lowest BCUT2D eigenvalue weighted by Crippen LogP contribution is -2.47. The molecule has 1 aromatic rings. The van der Waals surface area contributed by atoms with Gasteiger partial charge in [0, 0.05) is 13.5 Å². The van der Waals surface area contributed by atoms with E-state index in [-0.39, 0.29) is 19.6 Å². The second-order valence-corrected chi connectivity index (χ2v) is 4.36. The monoisotopic (exact) mass is 298 g/mol. The van der Waals surface area contributed by atoms with E-state index in [1.165, 1.54) is 19.2 Å². The zero-order valence-corrected chi connectivity index (χ0v) is 11.8. The molecule has 0 aromatic heterocycles. The molecular formula is C14H19FN2O4. The Morgan fingerprint density at radius 3 is 2.67 bits per heavy atom. The maximum absolute atomic E-state index is 13.5. The van der Waals surface area contributed by atoms with Crippen LogP contribution in [0.1, 0.15) is 5.56 Å². The Balaban J connectivity index is 2.52. The summed E-state index contributed by atoms with van der Waals surface area (Å²) in [4.78, 5) is 23.0. The van der Waals surface area contributed by atoms with Crippen molar-refractivity contribution < 1.29 is 23.5 Å². The van der Waals surface area contributed by atoms with Crippen molar-refractivity contribution >= 4 is 11.8 Å². The van der Waals surface area contributed by atoms with Crippen LogP contribution >= 0.6 is 0 Å². The summed E-state index contributed by atoms with van der Waals surface area (Å²) in [6.07, 6.45) is -0.00812. The minimum atomic E-state index is -0.986. The van der Waals surface area contributed by atoms with Crippen LogP contribution in [0.4, 0.5) is 4.39 Å². The molecule has 1 rings (SSSR count). The highest BCUT2D eigenvalue weighted by Gasteiger charge is 2.20. The molecule has 0 aliphatic carbocycles. The van der Waals surface area contributed by atoms with Gasteiger partial charge in [-0.1, -0.05) is 18.2 Å². The Morgan fingerprint density at radius 1 is 1.33 bits per heavy atom. The molecule has 116 valence electrons. The fourth-order valence-corrected chi connectivity index (χ4v) is 1.65. The molecule has 6 nitrogen and oxygen atoms in total. The number of rotatable bonds is 9. The molecule has 0 aliphatic heterocycles. The summed E-state index contributed by atoms with van der Waals surface area (Å²) in [6.45, 7) is 0.407. The van der Waals surface area contributed by atoms with E-state index in [4.69, 9.17) is 15.2 Å². The number of benzene rings is 1. The number of hydrogen-bond acceptors (Lipinski definition) is 4. The molecule has 0 aliphatic rings. The molecule has 0 saturated carbocycles. The largest absolute Gasteiger partial charge is 0.382 e. The number of ether oxygens (including phenoxy) is 2. The smallest absolute Gasteiger partial charge is 0.246 e. The van der Waals surface area contributed by atoms with Crippen LogP contribution in [0, 0.1) is 5.82 Å². The van der Waals surface area contributed by atoms with E-state index in [9.17, 15) is 14.0 Å². The molecule has 3 N–H and O–H groups in total. The van der Waals surface area contributed by atoms with Gasteiger partial charge in [0.2, 0.25) is 11.8 Å². The fourth-order valence-electron chi connectivity index (χ4n) is 1.65. The Bertz CT molecular complexity index is 482. The summed E-state index contributed by atoms with van der Waals surface area (Å²) in [6, 6.07) is 5.02. The van der Waals surface area contributed by atoms with Crippen LogP contribution < -0.4 is 11.1 Å². The molecule has 0 radical (unpaired) electrons. The summed E-state index contributed by atoms with van der Waals surface area (Å²) in [5.41, 5.74) is 5.53. The Labute approximate surface area is 122 Å². The zero-order valence-electron chi connectivity index (χ0n) is 11.8. The van der Waals surface area contributed by atoms with Crippen LogP contribution in [0.5, 0.6) is 0 Å². The van der Waals surface area contributed by atoms with E-state index in [1.807, 2.05) is 0 Å². The van der Waals surface area contributed by atoms with E-state index >= 15 is 0 Å². The summed E-state index contributed by atoms with van der Waals surface area (Å²) >= 11 is 0. The summed E-state index contributed by atoms with van der Waals surface area (Å²) in [5, 5.41) is 2.42. The van der Waals surface area contributed by atoms with Gasteiger partial charge in [0.05, 0.1) is 13.2 Å². The molecule has 0 unspecified atom stereocenters. The third kappa shape index (κ3) is 6.33. The van der Waals surface area contributed by atoms with Gasteiger partial charge in [-0.25, -0.2) is 4.39 Å². The molecule has 21 heavy (non-hydrogen) atoms. The van der Waals surface area contributed by atoms with Gasteiger partial charge >= 0.3 is 0 Å². The second kappa shape index (κ2) is 9.04. The lowest BCUT2D eigenvalue weighted by atomic mass is 10.0. The maximum atomic E-state index is 13.5. The van der Waals surface area contributed by atoms with Crippen LogP contribution in [0.2, 0.25) is 0 Å². The molecule has 0 heterocycles. The van der Waals surface area contributed by atoms with Crippen LogP contribution in [-0.4, -0.2) is 44.8 Å². The third-order valence-corrected chi connectivity index (χ3v) is 2.73. The Hall–Kier alpha value is -1.99. The highest BCUT2D eigenvalue weighted by molar-refractivity contribution is 5.87. The van der Waals surface area contributed by atoms with E-state index in [2.05, 4.69) is 5.32 Å². The first-order valence-electron chi connectivity index (χ1n) is 6.43. The topological polar surface area (TPSA) is 90.7 Å². The average Bonchev–Trinajstić information content (AvgIpc) is 2.45. The summed E-state index contributed by atoms with van der Waals surface area (Å²) in [7, 11) is 1.51. The van der Waals surface area contributed by atoms with Crippen LogP contribution in [0.15, 0.2) is 24.3 Å². The van der Waals surface area contributed by atoms with Gasteiger partial charge in [0.15, 0.2) is 0 Å². The van der Waals surface area contributed by atoms with Gasteiger partial charge in [0.25, 0.3) is 0 Å². The van der Waals surface area contributed by atoms with E-state index in [1.54, 1.807) is 12.1 Å². The number of nitrogens with one attached hydrogen (secondary N) is 1. The van der Waals surface area contributed by atoms with Crippen LogP contribution in [-0.2, 0) is 25.5 Å². The minimum Gasteiger partial charge on any atom is -0.382 e. The van der Waals surface area contributed by atoms with Gasteiger partial charge < -0.3 is 20.5 Å². The molecule has 1 atom stereocenters. The van der Waals surface area contributed by atoms with Crippen molar-refractivity contribution in [1.29, 1.82) is 0 Å². The molecule has 0 fully saturated rings. The van der Waals surface area contributed by atoms with Crippen LogP contribution in [0.25, 0.3) is 0 Å². The number of carbonyl (C=O) groups is 2. The lowest BCUT2D eigenvalue weighted by Gasteiger charge is -2.16. The number of primary amides is 1. The van der Waals surface area contributed by atoms with Gasteiger partial charge in [-0.3, -0.25) is 9.59 Å². The first kappa shape index (κ1) is 17.1. The molecular weight excluding hydrogens is 279 g/mol. The number of amides is 2. The van der Waals surface area contributed by atoms with Gasteiger partial charge in [-0.05, 0) is 11.6 Å². The molecule has 0 bridgehead atoms. The first-order chi connectivity index (χ1) is 10.0. The molecule has 2 amide bonds. The molecule has 7 heteroatoms. The standard InChI is InChI=1S/C14H19FN2O4/c1-20-6-7-21-9-13(18)17-12(14(16)19)8-10-4-2-3-5-11(10)15/h2-5,12H,6-9H2,1H3,(H2,16,19)(H,17,18)/t12-/m1/s1. The lowest BCUT2D eigenvalue weighted by molar-refractivity contribution is -0.130. The van der Waals surface area contributed by atoms with Gasteiger partial charge in [0.1, 0.15) is 18.5 Å². The number of carbonyl (C=O) groups excluding carboxylic acids is 2. The van der Waals surface area contributed by atoms with Crippen LogP contribution in [0.3, 0.4) is 0 Å². The minimum absolute atomic E-state index is 0.00812. The average molecular weight is 298 g/mol. The van der Waals surface area contributed by atoms with Gasteiger partial charge in [-0.15, -0.1) is 0 Å². The summed E-state index contributed by atoms with van der Waals surface area (Å²) in [5.74, 6) is -1.68. The predicted octanol–water partition coefficient (Wildman–Crippen LogP) is 0.00130. The quantitative estimate of drug-likeness (QED) is 0.628. The first-order valence-corrected chi connectivity index (χ1v) is 6.43. The fraction of sp³-hybridized carbons (Fsp3) is 0.429. The van der Waals surface area contributed by atoms with Crippen molar-refractivity contribution in [2.45, 2.75) is 12.5 Å². The predicted molar refractivity (Wildman–Crippen MR) is 73.9 cm³/mol. The Morgan fingerprint density at radius 2 is 2.05 bits per heavy atom. The van der Waals surface area contributed by atoms with Crippen molar-refractivity contribution in [3.8, 4) is 0 Å².